The molecule has 0 saturated carbocycles. The fraction of sp³-hybridized carbons (Fsp3) is 0.267. The van der Waals surface area contributed by atoms with E-state index in [-0.39, 0.29) is 5.91 Å². The predicted molar refractivity (Wildman–Crippen MR) is 80.0 cm³/mol. The van der Waals surface area contributed by atoms with Crippen LogP contribution in [0.25, 0.3) is 0 Å². The highest BCUT2D eigenvalue weighted by Crippen LogP contribution is 2.16. The summed E-state index contributed by atoms with van der Waals surface area (Å²) in [7, 11) is 0. The van der Waals surface area contributed by atoms with Gasteiger partial charge >= 0.3 is 0 Å². The van der Waals surface area contributed by atoms with E-state index >= 15 is 0 Å². The minimum absolute atomic E-state index is 0.0159. The van der Waals surface area contributed by atoms with Crippen LogP contribution < -0.4 is 10.7 Å². The van der Waals surface area contributed by atoms with Crippen LogP contribution in [0.2, 0.25) is 0 Å². The number of benzene rings is 1. The molecule has 5 heteroatoms. The maximum atomic E-state index is 11.1. The molecule has 0 fully saturated rings. The van der Waals surface area contributed by atoms with Gasteiger partial charge in [0.15, 0.2) is 0 Å². The van der Waals surface area contributed by atoms with Crippen LogP contribution in [0.4, 0.5) is 5.69 Å². The van der Waals surface area contributed by atoms with Crippen molar-refractivity contribution in [3.8, 4) is 0 Å². The van der Waals surface area contributed by atoms with Gasteiger partial charge in [0.2, 0.25) is 5.91 Å². The number of hydrogen-bond acceptors (Lipinski definition) is 4. The van der Waals surface area contributed by atoms with Crippen LogP contribution in [-0.2, 0) is 4.79 Å². The second-order valence-electron chi connectivity index (χ2n) is 4.83. The molecule has 1 unspecified atom stereocenters. The van der Waals surface area contributed by atoms with Gasteiger partial charge in [-0.05, 0) is 23.8 Å². The van der Waals surface area contributed by atoms with E-state index in [2.05, 4.69) is 26.9 Å². The zero-order valence-corrected chi connectivity index (χ0v) is 11.0. The summed E-state index contributed by atoms with van der Waals surface area (Å²) in [6.07, 6.45) is 7.87. The summed E-state index contributed by atoms with van der Waals surface area (Å²) < 4.78 is 0. The minimum Gasteiger partial charge on any atom is -0.378 e. The fourth-order valence-electron chi connectivity index (χ4n) is 2.23. The fourth-order valence-corrected chi connectivity index (χ4v) is 2.23. The van der Waals surface area contributed by atoms with Gasteiger partial charge in [-0.25, -0.2) is 5.43 Å². The van der Waals surface area contributed by atoms with Crippen LogP contribution in [0.3, 0.4) is 0 Å². The van der Waals surface area contributed by atoms with E-state index in [9.17, 15) is 4.79 Å². The minimum atomic E-state index is -0.0159. The Labute approximate surface area is 117 Å². The van der Waals surface area contributed by atoms with Crippen molar-refractivity contribution in [2.24, 2.45) is 10.1 Å². The molecule has 5 nitrogen and oxygen atoms in total. The molecule has 2 aliphatic heterocycles. The van der Waals surface area contributed by atoms with Crippen LogP contribution in [-0.4, -0.2) is 23.9 Å². The maximum absolute atomic E-state index is 11.1. The molecule has 2 aliphatic rings. The van der Waals surface area contributed by atoms with Crippen molar-refractivity contribution in [2.45, 2.75) is 25.3 Å². The second kappa shape index (κ2) is 5.69. The lowest BCUT2D eigenvalue weighted by atomic mass is 10.0. The molecule has 0 spiro atoms. The molecule has 1 atom stereocenters. The molecule has 1 aromatic carbocycles. The molecule has 1 aromatic rings. The van der Waals surface area contributed by atoms with E-state index in [1.54, 1.807) is 0 Å². The van der Waals surface area contributed by atoms with Crippen molar-refractivity contribution < 1.29 is 4.79 Å². The highest BCUT2D eigenvalue weighted by atomic mass is 16.2. The molecule has 0 bridgehead atoms. The first-order chi connectivity index (χ1) is 9.81. The van der Waals surface area contributed by atoms with Crippen molar-refractivity contribution in [3.63, 3.8) is 0 Å². The number of hydrogen-bond donors (Lipinski definition) is 2. The quantitative estimate of drug-likeness (QED) is 0.881. The number of carbonyl (C=O) groups excluding carboxylic acids is 1. The van der Waals surface area contributed by atoms with E-state index in [1.165, 1.54) is 0 Å². The number of aliphatic imine (C=N–C) groups is 1. The number of anilines is 1. The van der Waals surface area contributed by atoms with Crippen molar-refractivity contribution in [1.29, 1.82) is 0 Å². The molecule has 0 radical (unpaired) electrons. The lowest BCUT2D eigenvalue weighted by Gasteiger charge is -2.17. The van der Waals surface area contributed by atoms with Gasteiger partial charge < -0.3 is 5.32 Å². The van der Waals surface area contributed by atoms with Gasteiger partial charge in [0.05, 0.1) is 11.8 Å². The third kappa shape index (κ3) is 2.93. The SMILES string of the molecule is O=C1CCC(c2ccc(NC3C=CN=CC3)cc2)=NN1. The highest BCUT2D eigenvalue weighted by Gasteiger charge is 2.13. The molecule has 2 heterocycles. The van der Waals surface area contributed by atoms with Gasteiger partial charge in [-0.2, -0.15) is 5.10 Å². The Balaban J connectivity index is 1.67. The van der Waals surface area contributed by atoms with Crippen LogP contribution in [0.1, 0.15) is 24.8 Å². The lowest BCUT2D eigenvalue weighted by Crippen LogP contribution is -2.25. The Morgan fingerprint density at radius 2 is 2.05 bits per heavy atom. The number of amides is 1. The molecule has 102 valence electrons. The smallest absolute Gasteiger partial charge is 0.240 e. The van der Waals surface area contributed by atoms with E-state index in [0.717, 1.165) is 23.4 Å². The number of hydrazone groups is 1. The van der Waals surface area contributed by atoms with Gasteiger partial charge in [-0.3, -0.25) is 9.79 Å². The van der Waals surface area contributed by atoms with Gasteiger partial charge in [0, 0.05) is 37.4 Å². The largest absolute Gasteiger partial charge is 0.378 e. The number of carbonyl (C=O) groups is 1. The van der Waals surface area contributed by atoms with Crippen molar-refractivity contribution in [3.05, 3.63) is 42.1 Å². The average Bonchev–Trinajstić information content (AvgIpc) is 2.50. The molecule has 0 aliphatic carbocycles. The van der Waals surface area contributed by atoms with Crippen LogP contribution in [0, 0.1) is 0 Å². The zero-order chi connectivity index (χ0) is 13.8. The molecular weight excluding hydrogens is 252 g/mol. The Morgan fingerprint density at radius 1 is 1.20 bits per heavy atom. The van der Waals surface area contributed by atoms with E-state index in [1.807, 2.05) is 36.7 Å². The van der Waals surface area contributed by atoms with Crippen molar-refractivity contribution >= 4 is 23.5 Å². The Kier molecular flexibility index (Phi) is 3.58. The molecule has 1 amide bonds. The normalized spacial score (nSPS) is 21.3. The van der Waals surface area contributed by atoms with Gasteiger partial charge in [0.1, 0.15) is 0 Å². The van der Waals surface area contributed by atoms with Crippen molar-refractivity contribution in [2.75, 3.05) is 5.32 Å². The van der Waals surface area contributed by atoms with E-state index in [4.69, 9.17) is 0 Å². The first kappa shape index (κ1) is 12.6. The first-order valence-electron chi connectivity index (χ1n) is 6.72. The summed E-state index contributed by atoms with van der Waals surface area (Å²) in [5.41, 5.74) is 5.57. The van der Waals surface area contributed by atoms with Crippen LogP contribution in [0.15, 0.2) is 46.6 Å². The molecular formula is C15H16N4O. The summed E-state index contributed by atoms with van der Waals surface area (Å²) in [6, 6.07) is 8.42. The third-order valence-corrected chi connectivity index (χ3v) is 3.34. The van der Waals surface area contributed by atoms with Gasteiger partial charge in [0.25, 0.3) is 0 Å². The second-order valence-corrected chi connectivity index (χ2v) is 4.83. The number of rotatable bonds is 3. The average molecular weight is 268 g/mol. The Morgan fingerprint density at radius 3 is 2.70 bits per heavy atom. The molecule has 20 heavy (non-hydrogen) atoms. The molecule has 0 aromatic heterocycles. The van der Waals surface area contributed by atoms with Crippen molar-refractivity contribution in [1.82, 2.24) is 5.43 Å². The summed E-state index contributed by atoms with van der Waals surface area (Å²) in [6.45, 7) is 0. The topological polar surface area (TPSA) is 65.8 Å². The zero-order valence-electron chi connectivity index (χ0n) is 11.0. The summed E-state index contributed by atoms with van der Waals surface area (Å²) in [5.74, 6) is -0.0159. The Bertz CT molecular complexity index is 586. The summed E-state index contributed by atoms with van der Waals surface area (Å²) >= 11 is 0. The third-order valence-electron chi connectivity index (χ3n) is 3.34. The standard InChI is InChI=1S/C15H16N4O/c20-15-6-5-14(18-19-15)11-1-3-12(4-2-11)17-13-7-9-16-10-8-13/h1-4,7,9-10,13,17H,5-6,8H2,(H,19,20). The highest BCUT2D eigenvalue weighted by molar-refractivity contribution is 6.04. The maximum Gasteiger partial charge on any atom is 0.240 e. The molecule has 3 rings (SSSR count). The molecule has 0 saturated heterocycles. The summed E-state index contributed by atoms with van der Waals surface area (Å²) in [5, 5.41) is 7.52. The predicted octanol–water partition coefficient (Wildman–Crippen LogP) is 2.07. The number of nitrogens with one attached hydrogen (secondary N) is 2. The van der Waals surface area contributed by atoms with Gasteiger partial charge in [-0.1, -0.05) is 12.1 Å². The number of nitrogens with zero attached hydrogens (tertiary/aromatic N) is 2. The van der Waals surface area contributed by atoms with Crippen LogP contribution >= 0.6 is 0 Å². The summed E-state index contributed by atoms with van der Waals surface area (Å²) in [4.78, 5) is 15.1. The van der Waals surface area contributed by atoms with E-state index in [0.29, 0.717) is 18.9 Å². The lowest BCUT2D eigenvalue weighted by molar-refractivity contribution is -0.121. The van der Waals surface area contributed by atoms with Gasteiger partial charge in [-0.15, -0.1) is 0 Å². The Hall–Kier alpha value is -2.43. The molecule has 2 N–H and O–H groups in total. The monoisotopic (exact) mass is 268 g/mol. The first-order valence-corrected chi connectivity index (χ1v) is 6.72. The van der Waals surface area contributed by atoms with E-state index < -0.39 is 0 Å². The van der Waals surface area contributed by atoms with Crippen LogP contribution in [0.5, 0.6) is 0 Å².